The molecule has 1 saturated carbocycles. The Morgan fingerprint density at radius 2 is 1.85 bits per heavy atom. The fraction of sp³-hybridized carbons (Fsp3) is 0.938. The predicted octanol–water partition coefficient (Wildman–Crippen LogP) is 2.84. The lowest BCUT2D eigenvalue weighted by Crippen LogP contribution is -2.36. The second-order valence-electron chi connectivity index (χ2n) is 7.09. The molecule has 0 aromatic rings. The first-order chi connectivity index (χ1) is 9.15. The molecule has 2 saturated heterocycles. The molecule has 1 spiro atoms. The first-order valence-electron chi connectivity index (χ1n) is 8.14. The predicted molar refractivity (Wildman–Crippen MR) is 84.1 cm³/mol. The van der Waals surface area contributed by atoms with Gasteiger partial charge in [0.1, 0.15) is 0 Å². The van der Waals surface area contributed by atoms with Crippen LogP contribution < -0.4 is 5.32 Å². The number of nitrogens with zero attached hydrogens (tertiary/aromatic N) is 1. The summed E-state index contributed by atoms with van der Waals surface area (Å²) in [6, 6.07) is 0. The minimum atomic E-state index is 0. The van der Waals surface area contributed by atoms with E-state index in [9.17, 15) is 4.79 Å². The SMILES string of the molecule is CCC1(CC)CCN(C(=O)C2CC23CCNCC3)C1.Cl. The lowest BCUT2D eigenvalue weighted by molar-refractivity contribution is -0.133. The number of nitrogens with one attached hydrogen (secondary N) is 1. The Bertz CT molecular complexity index is 361. The molecule has 1 atom stereocenters. The van der Waals surface area contributed by atoms with Crippen molar-refractivity contribution in [3.8, 4) is 0 Å². The minimum absolute atomic E-state index is 0. The standard InChI is InChI=1S/C16H28N2O.ClH/c1-3-15(4-2)7-10-18(12-15)14(19)13-11-16(13)5-8-17-9-6-16;/h13,17H,3-12H2,1-2H3;1H. The van der Waals surface area contributed by atoms with E-state index in [0.717, 1.165) is 32.6 Å². The molecule has 0 bridgehead atoms. The number of likely N-dealkylation sites (tertiary alicyclic amines) is 1. The summed E-state index contributed by atoms with van der Waals surface area (Å²) in [5.74, 6) is 0.838. The van der Waals surface area contributed by atoms with E-state index < -0.39 is 0 Å². The molecule has 0 aromatic heterocycles. The Labute approximate surface area is 129 Å². The quantitative estimate of drug-likeness (QED) is 0.869. The van der Waals surface area contributed by atoms with E-state index in [0.29, 0.717) is 22.7 Å². The summed E-state index contributed by atoms with van der Waals surface area (Å²) in [4.78, 5) is 14.9. The van der Waals surface area contributed by atoms with E-state index >= 15 is 0 Å². The lowest BCUT2D eigenvalue weighted by Gasteiger charge is -2.28. The maximum absolute atomic E-state index is 12.7. The van der Waals surface area contributed by atoms with Crippen LogP contribution in [-0.4, -0.2) is 37.0 Å². The van der Waals surface area contributed by atoms with Crippen LogP contribution in [0.5, 0.6) is 0 Å². The Morgan fingerprint density at radius 3 is 2.40 bits per heavy atom. The van der Waals surface area contributed by atoms with Crippen molar-refractivity contribution in [3.63, 3.8) is 0 Å². The van der Waals surface area contributed by atoms with Gasteiger partial charge in [-0.1, -0.05) is 13.8 Å². The molecule has 3 rings (SSSR count). The summed E-state index contributed by atoms with van der Waals surface area (Å²) >= 11 is 0. The highest BCUT2D eigenvalue weighted by Crippen LogP contribution is 2.59. The number of carbonyl (C=O) groups excluding carboxylic acids is 1. The monoisotopic (exact) mass is 300 g/mol. The normalized spacial score (nSPS) is 30.1. The molecule has 4 heteroatoms. The van der Waals surface area contributed by atoms with Gasteiger partial charge in [-0.2, -0.15) is 0 Å². The molecule has 20 heavy (non-hydrogen) atoms. The highest BCUT2D eigenvalue weighted by atomic mass is 35.5. The molecule has 0 aromatic carbocycles. The van der Waals surface area contributed by atoms with Gasteiger partial charge in [0, 0.05) is 19.0 Å². The molecule has 1 aliphatic carbocycles. The zero-order valence-corrected chi connectivity index (χ0v) is 13.7. The molecule has 2 aliphatic heterocycles. The molecule has 1 N–H and O–H groups in total. The number of hydrogen-bond donors (Lipinski definition) is 1. The van der Waals surface area contributed by atoms with E-state index in [1.807, 2.05) is 0 Å². The summed E-state index contributed by atoms with van der Waals surface area (Å²) < 4.78 is 0. The largest absolute Gasteiger partial charge is 0.342 e. The van der Waals surface area contributed by atoms with Gasteiger partial charge in [0.25, 0.3) is 0 Å². The number of halogens is 1. The average Bonchev–Trinajstić information content (AvgIpc) is 2.97. The van der Waals surface area contributed by atoms with E-state index in [1.165, 1.54) is 32.1 Å². The molecule has 3 nitrogen and oxygen atoms in total. The molecule has 1 amide bonds. The van der Waals surface area contributed by atoms with Crippen LogP contribution in [0.2, 0.25) is 0 Å². The average molecular weight is 301 g/mol. The van der Waals surface area contributed by atoms with Crippen molar-refractivity contribution in [3.05, 3.63) is 0 Å². The second kappa shape index (κ2) is 5.84. The second-order valence-corrected chi connectivity index (χ2v) is 7.09. The summed E-state index contributed by atoms with van der Waals surface area (Å²) in [6.45, 7) is 8.80. The molecule has 0 radical (unpaired) electrons. The summed E-state index contributed by atoms with van der Waals surface area (Å²) in [6.07, 6.45) is 7.23. The van der Waals surface area contributed by atoms with Gasteiger partial charge in [-0.15, -0.1) is 12.4 Å². The first-order valence-corrected chi connectivity index (χ1v) is 8.14. The number of piperidine rings is 1. The Kier molecular flexibility index (Phi) is 4.70. The van der Waals surface area contributed by atoms with E-state index in [-0.39, 0.29) is 12.4 Å². The van der Waals surface area contributed by atoms with Gasteiger partial charge in [0.15, 0.2) is 0 Å². The fourth-order valence-electron chi connectivity index (χ4n) is 4.34. The van der Waals surface area contributed by atoms with Crippen molar-refractivity contribution >= 4 is 18.3 Å². The fourth-order valence-corrected chi connectivity index (χ4v) is 4.34. The molecule has 116 valence electrons. The third-order valence-corrected chi connectivity index (χ3v) is 6.34. The Morgan fingerprint density at radius 1 is 1.20 bits per heavy atom. The smallest absolute Gasteiger partial charge is 0.226 e. The van der Waals surface area contributed by atoms with Gasteiger partial charge in [-0.25, -0.2) is 0 Å². The van der Waals surface area contributed by atoms with Gasteiger partial charge < -0.3 is 10.2 Å². The van der Waals surface area contributed by atoms with Gasteiger partial charge >= 0.3 is 0 Å². The van der Waals surface area contributed by atoms with Crippen LogP contribution in [-0.2, 0) is 4.79 Å². The number of rotatable bonds is 3. The summed E-state index contributed by atoms with van der Waals surface area (Å²) in [5, 5.41) is 3.42. The van der Waals surface area contributed by atoms with Crippen LogP contribution in [0, 0.1) is 16.7 Å². The molecular weight excluding hydrogens is 272 g/mol. The highest BCUT2D eigenvalue weighted by Gasteiger charge is 2.59. The van der Waals surface area contributed by atoms with Crippen molar-refractivity contribution in [2.45, 2.75) is 52.4 Å². The highest BCUT2D eigenvalue weighted by molar-refractivity contribution is 5.85. The third-order valence-electron chi connectivity index (χ3n) is 6.34. The van der Waals surface area contributed by atoms with Gasteiger partial charge in [0.05, 0.1) is 0 Å². The van der Waals surface area contributed by atoms with Crippen LogP contribution in [0.25, 0.3) is 0 Å². The molecule has 3 aliphatic rings. The molecular formula is C16H29ClN2O. The van der Waals surface area contributed by atoms with E-state index in [1.54, 1.807) is 0 Å². The van der Waals surface area contributed by atoms with Crippen molar-refractivity contribution < 1.29 is 4.79 Å². The summed E-state index contributed by atoms with van der Waals surface area (Å²) in [7, 11) is 0. The van der Waals surface area contributed by atoms with E-state index in [2.05, 4.69) is 24.1 Å². The number of hydrogen-bond acceptors (Lipinski definition) is 2. The van der Waals surface area contributed by atoms with Crippen LogP contribution in [0.4, 0.5) is 0 Å². The van der Waals surface area contributed by atoms with Gasteiger partial charge in [0.2, 0.25) is 5.91 Å². The minimum Gasteiger partial charge on any atom is -0.342 e. The van der Waals surface area contributed by atoms with Crippen LogP contribution in [0.3, 0.4) is 0 Å². The zero-order chi connectivity index (χ0) is 13.5. The van der Waals surface area contributed by atoms with Crippen molar-refractivity contribution in [2.75, 3.05) is 26.2 Å². The Balaban J connectivity index is 0.00000147. The van der Waals surface area contributed by atoms with Crippen molar-refractivity contribution in [2.24, 2.45) is 16.7 Å². The van der Waals surface area contributed by atoms with Gasteiger partial charge in [-0.3, -0.25) is 4.79 Å². The lowest BCUT2D eigenvalue weighted by atomic mass is 9.82. The first kappa shape index (κ1) is 16.1. The topological polar surface area (TPSA) is 32.3 Å². The zero-order valence-electron chi connectivity index (χ0n) is 12.9. The van der Waals surface area contributed by atoms with Crippen molar-refractivity contribution in [1.29, 1.82) is 0 Å². The maximum Gasteiger partial charge on any atom is 0.226 e. The van der Waals surface area contributed by atoms with Crippen LogP contribution in [0.1, 0.15) is 52.4 Å². The molecule has 2 heterocycles. The van der Waals surface area contributed by atoms with Gasteiger partial charge in [-0.05, 0) is 62.4 Å². The summed E-state index contributed by atoms with van der Waals surface area (Å²) in [5.41, 5.74) is 0.817. The van der Waals surface area contributed by atoms with Crippen LogP contribution in [0.15, 0.2) is 0 Å². The van der Waals surface area contributed by atoms with E-state index in [4.69, 9.17) is 0 Å². The Hall–Kier alpha value is -0.280. The number of amides is 1. The van der Waals surface area contributed by atoms with Crippen LogP contribution >= 0.6 is 12.4 Å². The third kappa shape index (κ3) is 2.59. The maximum atomic E-state index is 12.7. The molecule has 1 unspecified atom stereocenters. The number of carbonyl (C=O) groups is 1. The van der Waals surface area contributed by atoms with Crippen molar-refractivity contribution in [1.82, 2.24) is 10.2 Å². The molecule has 3 fully saturated rings.